The van der Waals surface area contributed by atoms with E-state index in [9.17, 15) is 27.6 Å². The lowest BCUT2D eigenvalue weighted by molar-refractivity contribution is -0.274. The molecule has 0 radical (unpaired) electrons. The van der Waals surface area contributed by atoms with Crippen LogP contribution in [0.4, 0.5) is 30.4 Å². The quantitative estimate of drug-likeness (QED) is 0.219. The Kier molecular flexibility index (Phi) is 7.65. The third-order valence-corrected chi connectivity index (χ3v) is 5.91. The number of hydrogen-bond donors (Lipinski definition) is 2. The average molecular weight is 579 g/mol. The first-order valence-corrected chi connectivity index (χ1v) is 12.3. The molecule has 0 spiro atoms. The van der Waals surface area contributed by atoms with Crippen molar-refractivity contribution in [3.63, 3.8) is 0 Å². The maximum absolute atomic E-state index is 13.3. The fourth-order valence-corrected chi connectivity index (χ4v) is 4.12. The molecule has 13 heteroatoms. The molecule has 2 heterocycles. The summed E-state index contributed by atoms with van der Waals surface area (Å²) in [4.78, 5) is 38.5. The van der Waals surface area contributed by atoms with Gasteiger partial charge in [-0.3, -0.25) is 19.0 Å². The molecule has 3 aromatic carbocycles. The molecule has 0 saturated carbocycles. The number of ether oxygens (including phenoxy) is 2. The highest BCUT2D eigenvalue weighted by molar-refractivity contribution is 5.99. The fourth-order valence-electron chi connectivity index (χ4n) is 4.12. The van der Waals surface area contributed by atoms with Gasteiger partial charge in [0, 0.05) is 36.2 Å². The van der Waals surface area contributed by atoms with Crippen molar-refractivity contribution < 1.29 is 36.8 Å². The monoisotopic (exact) mass is 578 g/mol. The van der Waals surface area contributed by atoms with Gasteiger partial charge in [-0.2, -0.15) is 0 Å². The van der Waals surface area contributed by atoms with Crippen molar-refractivity contribution in [3.8, 4) is 11.4 Å². The molecule has 0 aliphatic rings. The molecule has 1 amide bonds. The highest BCUT2D eigenvalue weighted by Gasteiger charge is 2.31. The third-order valence-electron chi connectivity index (χ3n) is 5.91. The Morgan fingerprint density at radius 1 is 0.952 bits per heavy atom. The highest BCUT2D eigenvalue weighted by atomic mass is 19.4. The normalized spacial score (nSPS) is 12.0. The second kappa shape index (κ2) is 11.5. The van der Waals surface area contributed by atoms with E-state index in [4.69, 9.17) is 9.26 Å². The number of nitrogens with one attached hydrogen (secondary N) is 2. The molecule has 5 rings (SSSR count). The maximum Gasteiger partial charge on any atom is 0.573 e. The van der Waals surface area contributed by atoms with E-state index in [2.05, 4.69) is 20.5 Å². The fraction of sp³-hybridized carbons (Fsp3) is 0.103. The molecule has 0 saturated heterocycles. The summed E-state index contributed by atoms with van der Waals surface area (Å²) in [6.07, 6.45) is -5.16. The zero-order chi connectivity index (χ0) is 29.9. The van der Waals surface area contributed by atoms with E-state index in [0.717, 1.165) is 29.3 Å². The first-order chi connectivity index (χ1) is 20.1. The minimum absolute atomic E-state index is 0.184. The molecule has 214 valence electrons. The number of pyridine rings is 1. The Balaban J connectivity index is 1.39. The van der Waals surface area contributed by atoms with Crippen molar-refractivity contribution in [3.05, 3.63) is 107 Å². The van der Waals surface area contributed by atoms with Crippen LogP contribution in [0, 0.1) is 0 Å². The van der Waals surface area contributed by atoms with E-state index in [1.165, 1.54) is 36.5 Å². The number of alkyl halides is 3. The number of rotatable bonds is 8. The number of benzene rings is 3. The minimum Gasteiger partial charge on any atom is -0.447 e. The maximum atomic E-state index is 13.3. The van der Waals surface area contributed by atoms with Crippen LogP contribution in [-0.4, -0.2) is 28.0 Å². The molecule has 42 heavy (non-hydrogen) atoms. The van der Waals surface area contributed by atoms with Crippen LogP contribution in [-0.2, 0) is 14.3 Å². The van der Waals surface area contributed by atoms with Crippen molar-refractivity contribution >= 4 is 40.0 Å². The van der Waals surface area contributed by atoms with Crippen molar-refractivity contribution in [2.24, 2.45) is 0 Å². The van der Waals surface area contributed by atoms with E-state index >= 15 is 0 Å². The van der Waals surface area contributed by atoms with Gasteiger partial charge in [0.05, 0.1) is 10.9 Å². The van der Waals surface area contributed by atoms with Crippen LogP contribution in [0.2, 0.25) is 0 Å². The smallest absolute Gasteiger partial charge is 0.447 e. The predicted molar refractivity (Wildman–Crippen MR) is 146 cm³/mol. The number of nitrogens with zero attached hydrogens (tertiary/aromatic N) is 2. The summed E-state index contributed by atoms with van der Waals surface area (Å²) in [5, 5.41) is 10.4. The summed E-state index contributed by atoms with van der Waals surface area (Å²) >= 11 is 0. The lowest BCUT2D eigenvalue weighted by Gasteiger charge is -2.18. The number of carbonyl (C=O) groups is 2. The average Bonchev–Trinajstić information content (AvgIpc) is 3.34. The molecule has 1 atom stereocenters. The summed E-state index contributed by atoms with van der Waals surface area (Å²) in [7, 11) is 0. The Morgan fingerprint density at radius 2 is 1.69 bits per heavy atom. The number of carbonyl (C=O) groups excluding carboxylic acids is 2. The van der Waals surface area contributed by atoms with Crippen LogP contribution in [0.25, 0.3) is 16.7 Å². The Labute approximate surface area is 235 Å². The van der Waals surface area contributed by atoms with Gasteiger partial charge in [-0.25, -0.2) is 0 Å². The van der Waals surface area contributed by atoms with Gasteiger partial charge in [-0.05, 0) is 60.7 Å². The Morgan fingerprint density at radius 3 is 2.38 bits per heavy atom. The number of halogens is 3. The largest absolute Gasteiger partial charge is 0.573 e. The number of para-hydroxylation sites is 1. The topological polar surface area (TPSA) is 125 Å². The molecular formula is C29H21F3N4O6. The molecule has 0 fully saturated rings. The number of fused-ring (bicyclic) bond motifs is 1. The van der Waals surface area contributed by atoms with Gasteiger partial charge in [-0.15, -0.1) is 13.2 Å². The van der Waals surface area contributed by atoms with E-state index in [1.807, 2.05) is 30.3 Å². The summed E-state index contributed by atoms with van der Waals surface area (Å²) in [6, 6.07) is 21.4. The first-order valence-electron chi connectivity index (χ1n) is 12.3. The number of amides is 1. The van der Waals surface area contributed by atoms with Gasteiger partial charge in [0.15, 0.2) is 11.4 Å². The van der Waals surface area contributed by atoms with Crippen LogP contribution in [0.15, 0.2) is 100 Å². The van der Waals surface area contributed by atoms with Crippen molar-refractivity contribution in [2.45, 2.75) is 19.4 Å². The minimum atomic E-state index is -4.87. The van der Waals surface area contributed by atoms with Crippen LogP contribution in [0.3, 0.4) is 0 Å². The van der Waals surface area contributed by atoms with Gasteiger partial charge < -0.3 is 24.6 Å². The van der Waals surface area contributed by atoms with Crippen molar-refractivity contribution in [2.75, 3.05) is 10.6 Å². The molecule has 2 N–H and O–H groups in total. The van der Waals surface area contributed by atoms with Gasteiger partial charge in [0.2, 0.25) is 6.10 Å². The summed E-state index contributed by atoms with van der Waals surface area (Å²) in [5.74, 6) is -1.65. The van der Waals surface area contributed by atoms with Crippen LogP contribution in [0.5, 0.6) is 5.75 Å². The molecule has 0 aliphatic heterocycles. The Bertz CT molecular complexity index is 1800. The van der Waals surface area contributed by atoms with E-state index in [1.54, 1.807) is 12.1 Å². The third kappa shape index (κ3) is 6.41. The first kappa shape index (κ1) is 28.0. The summed E-state index contributed by atoms with van der Waals surface area (Å²) in [6.45, 7) is 1.09. The molecule has 2 aromatic heterocycles. The molecular weight excluding hydrogens is 557 g/mol. The molecule has 1 unspecified atom stereocenters. The lowest BCUT2D eigenvalue weighted by atomic mass is 10.1. The standard InChI is InChI=1S/C29H21F3N4O6/c1-17(37)40-25(23-8-5-15-36(28(23)39)20-10-12-21(13-11-20)41-29(30,31)32)27(38)34-19-9-14-22-24(16-19)42-35-26(22)33-18-6-3-2-4-7-18/h2-16,25H,1H3,(H,33,35)(H,34,38). The van der Waals surface area contributed by atoms with E-state index in [0.29, 0.717) is 16.8 Å². The molecule has 0 aliphatic carbocycles. The number of aromatic nitrogens is 2. The number of hydrogen-bond acceptors (Lipinski definition) is 8. The number of anilines is 3. The predicted octanol–water partition coefficient (Wildman–Crippen LogP) is 5.86. The zero-order valence-corrected chi connectivity index (χ0v) is 21.7. The summed E-state index contributed by atoms with van der Waals surface area (Å²) in [5.41, 5.74) is 0.711. The van der Waals surface area contributed by atoms with E-state index in [-0.39, 0.29) is 16.9 Å². The van der Waals surface area contributed by atoms with Gasteiger partial charge in [0.1, 0.15) is 5.75 Å². The molecule has 0 bridgehead atoms. The van der Waals surface area contributed by atoms with E-state index < -0.39 is 35.7 Å². The molecule has 5 aromatic rings. The zero-order valence-electron chi connectivity index (χ0n) is 21.7. The second-order valence-corrected chi connectivity index (χ2v) is 8.89. The van der Waals surface area contributed by atoms with Gasteiger partial charge in [-0.1, -0.05) is 23.4 Å². The highest BCUT2D eigenvalue weighted by Crippen LogP contribution is 2.29. The van der Waals surface area contributed by atoms with Crippen molar-refractivity contribution in [1.82, 2.24) is 9.72 Å². The summed E-state index contributed by atoms with van der Waals surface area (Å²) < 4.78 is 53.1. The van der Waals surface area contributed by atoms with Gasteiger partial charge in [0.25, 0.3) is 11.5 Å². The number of esters is 1. The van der Waals surface area contributed by atoms with Crippen LogP contribution in [0.1, 0.15) is 18.6 Å². The SMILES string of the molecule is CC(=O)OC(C(=O)Nc1ccc2c(Nc3ccccc3)noc2c1)c1cccn(-c2ccc(OC(F)(F)F)cc2)c1=O. The Hall–Kier alpha value is -5.59. The lowest BCUT2D eigenvalue weighted by Crippen LogP contribution is -2.32. The van der Waals surface area contributed by atoms with Crippen molar-refractivity contribution in [1.29, 1.82) is 0 Å². The van der Waals surface area contributed by atoms with Gasteiger partial charge >= 0.3 is 12.3 Å². The van der Waals surface area contributed by atoms with Crippen LogP contribution >= 0.6 is 0 Å². The molecule has 10 nitrogen and oxygen atoms in total. The second-order valence-electron chi connectivity index (χ2n) is 8.89. The van der Waals surface area contributed by atoms with Crippen LogP contribution < -0.4 is 20.9 Å².